The number of hydrogen-bond donors (Lipinski definition) is 4. The van der Waals surface area contributed by atoms with Crippen LogP contribution in [0.2, 0.25) is 0 Å². The summed E-state index contributed by atoms with van der Waals surface area (Å²) in [5, 5.41) is 21.1. The van der Waals surface area contributed by atoms with Crippen molar-refractivity contribution < 1.29 is 29.0 Å². The first-order valence-corrected chi connectivity index (χ1v) is 20.2. The number of aliphatic hydroxyl groups excluding tert-OH is 1. The van der Waals surface area contributed by atoms with E-state index in [4.69, 9.17) is 4.74 Å². The maximum absolute atomic E-state index is 14.6. The molecule has 5 rings (SSSR count). The van der Waals surface area contributed by atoms with Crippen molar-refractivity contribution in [3.05, 3.63) is 120 Å². The molecular weight excluding hydrogens is 747 g/mol. The third-order valence-electron chi connectivity index (χ3n) is 10.5. The molecule has 0 radical (unpaired) electrons. The number of alkyl carbamates (subject to hydrolysis) is 1. The Hall–Kier alpha value is -5.82. The molecule has 314 valence electrons. The van der Waals surface area contributed by atoms with E-state index in [0.29, 0.717) is 26.1 Å². The topological polar surface area (TPSA) is 166 Å². The van der Waals surface area contributed by atoms with E-state index in [9.17, 15) is 24.3 Å². The van der Waals surface area contributed by atoms with Crippen molar-refractivity contribution in [1.29, 1.82) is 0 Å². The molecule has 1 fully saturated rings. The average molecular weight is 806 g/mol. The van der Waals surface area contributed by atoms with Crippen molar-refractivity contribution in [2.75, 3.05) is 20.2 Å². The number of hydrogen-bond acceptors (Lipinski definition) is 8. The van der Waals surface area contributed by atoms with Crippen LogP contribution < -0.4 is 16.0 Å². The number of methoxy groups -OCH3 is 1. The Kier molecular flexibility index (Phi) is 14.8. The fraction of sp³-hybridized carbons (Fsp3) is 0.435. The van der Waals surface area contributed by atoms with Crippen LogP contribution in [0.1, 0.15) is 64.8 Å². The quantitative estimate of drug-likeness (QED) is 0.111. The van der Waals surface area contributed by atoms with Gasteiger partial charge in [0.05, 0.1) is 37.2 Å². The molecule has 13 nitrogen and oxygen atoms in total. The van der Waals surface area contributed by atoms with Gasteiger partial charge in [0.25, 0.3) is 0 Å². The number of carbonyl (C=O) groups excluding carboxylic acids is 4. The van der Waals surface area contributed by atoms with E-state index in [1.54, 1.807) is 22.2 Å². The molecule has 5 atom stereocenters. The van der Waals surface area contributed by atoms with Gasteiger partial charge < -0.3 is 35.6 Å². The van der Waals surface area contributed by atoms with Gasteiger partial charge in [-0.25, -0.2) is 9.59 Å². The highest BCUT2D eigenvalue weighted by Crippen LogP contribution is 2.29. The summed E-state index contributed by atoms with van der Waals surface area (Å²) in [5.74, 6) is -0.823. The van der Waals surface area contributed by atoms with Crippen LogP contribution in [0.4, 0.5) is 9.59 Å². The van der Waals surface area contributed by atoms with E-state index in [-0.39, 0.29) is 24.8 Å². The average Bonchev–Trinajstić information content (AvgIpc) is 3.54. The fourth-order valence-corrected chi connectivity index (χ4v) is 7.51. The standard InChI is InChI=1S/C46H59N7O6/c1-45(2,3)39(51-43(57)59-7)41(55)49-35(27-32-19-21-33(22-20-32)36-18-12-14-24-48-36)29-38(54)37(28-31-15-9-8-10-16-31)50-42(56)40(46(4,5)6)53-26-25-52(44(53)58)30-34-17-11-13-23-47-34/h8-24,35,37-40,54H,25-30H2,1-7H3,(H,49,55)(H,50,56)(H,51,57)/t35-,37-,38-,39+,40+/m0/s1. The minimum Gasteiger partial charge on any atom is -0.453 e. The maximum Gasteiger partial charge on any atom is 0.407 e. The number of rotatable bonds is 16. The molecule has 5 amide bonds. The second kappa shape index (κ2) is 19.8. The molecule has 4 N–H and O–H groups in total. The van der Waals surface area contributed by atoms with Gasteiger partial charge in [-0.2, -0.15) is 0 Å². The molecule has 13 heteroatoms. The molecular formula is C46H59N7O6. The molecule has 3 heterocycles. The predicted molar refractivity (Wildman–Crippen MR) is 227 cm³/mol. The lowest BCUT2D eigenvalue weighted by Crippen LogP contribution is -2.59. The Morgan fingerprint density at radius 2 is 1.39 bits per heavy atom. The second-order valence-corrected chi connectivity index (χ2v) is 17.4. The van der Waals surface area contributed by atoms with E-state index in [1.807, 2.05) is 133 Å². The van der Waals surface area contributed by atoms with Gasteiger partial charge in [-0.05, 0) is 65.5 Å². The van der Waals surface area contributed by atoms with Gasteiger partial charge in [0.2, 0.25) is 11.8 Å². The van der Waals surface area contributed by atoms with E-state index in [2.05, 4.69) is 25.9 Å². The van der Waals surface area contributed by atoms with Gasteiger partial charge >= 0.3 is 12.1 Å². The van der Waals surface area contributed by atoms with Gasteiger partial charge in [-0.15, -0.1) is 0 Å². The highest BCUT2D eigenvalue weighted by Gasteiger charge is 2.44. The lowest BCUT2D eigenvalue weighted by Gasteiger charge is -2.38. The van der Waals surface area contributed by atoms with Crippen LogP contribution in [0.3, 0.4) is 0 Å². The van der Waals surface area contributed by atoms with Crippen LogP contribution in [0.5, 0.6) is 0 Å². The first-order valence-electron chi connectivity index (χ1n) is 20.2. The van der Waals surface area contributed by atoms with Crippen molar-refractivity contribution in [3.8, 4) is 11.3 Å². The fourth-order valence-electron chi connectivity index (χ4n) is 7.51. The van der Waals surface area contributed by atoms with E-state index in [1.165, 1.54) is 7.11 Å². The Morgan fingerprint density at radius 3 is 1.98 bits per heavy atom. The Balaban J connectivity index is 1.42. The largest absolute Gasteiger partial charge is 0.453 e. The van der Waals surface area contributed by atoms with Crippen LogP contribution in [-0.2, 0) is 33.7 Å². The van der Waals surface area contributed by atoms with Gasteiger partial charge in [0.15, 0.2) is 0 Å². The van der Waals surface area contributed by atoms with Crippen LogP contribution in [-0.4, -0.2) is 99.3 Å². The Morgan fingerprint density at radius 1 is 0.746 bits per heavy atom. The lowest BCUT2D eigenvalue weighted by molar-refractivity contribution is -0.131. The van der Waals surface area contributed by atoms with Crippen molar-refractivity contribution in [3.63, 3.8) is 0 Å². The SMILES string of the molecule is COC(=O)N[C@H](C(=O)N[C@@H](Cc1ccc(-c2ccccn2)cc1)C[C@H](O)[C@H](Cc1ccccc1)NC(=O)[C@@H](N1CCN(Cc2ccccn2)C1=O)C(C)(C)C)C(C)(C)C. The number of aliphatic hydroxyl groups is 1. The summed E-state index contributed by atoms with van der Waals surface area (Å²) in [6.07, 6.45) is 2.23. The number of aromatic nitrogens is 2. The minimum absolute atomic E-state index is 0.0568. The maximum atomic E-state index is 14.6. The van der Waals surface area contributed by atoms with Crippen LogP contribution in [0.25, 0.3) is 11.3 Å². The molecule has 0 spiro atoms. The first kappa shape index (κ1) is 44.3. The van der Waals surface area contributed by atoms with E-state index in [0.717, 1.165) is 28.1 Å². The summed E-state index contributed by atoms with van der Waals surface area (Å²) in [5.41, 5.74) is 2.96. The molecule has 0 unspecified atom stereocenters. The molecule has 2 aromatic heterocycles. The third kappa shape index (κ3) is 12.3. The van der Waals surface area contributed by atoms with Gasteiger partial charge in [-0.1, -0.05) is 108 Å². The number of amides is 5. The van der Waals surface area contributed by atoms with Crippen LogP contribution in [0.15, 0.2) is 103 Å². The lowest BCUT2D eigenvalue weighted by atomic mass is 9.84. The monoisotopic (exact) mass is 805 g/mol. The number of nitrogens with zero attached hydrogens (tertiary/aromatic N) is 4. The van der Waals surface area contributed by atoms with E-state index >= 15 is 0 Å². The Bertz CT molecular complexity index is 1990. The molecule has 1 aliphatic rings. The zero-order valence-corrected chi connectivity index (χ0v) is 35.2. The third-order valence-corrected chi connectivity index (χ3v) is 10.5. The number of urea groups is 1. The summed E-state index contributed by atoms with van der Waals surface area (Å²) < 4.78 is 4.84. The minimum atomic E-state index is -1.14. The second-order valence-electron chi connectivity index (χ2n) is 17.4. The molecule has 2 aromatic carbocycles. The number of carbonyl (C=O) groups is 4. The zero-order valence-electron chi connectivity index (χ0n) is 35.2. The van der Waals surface area contributed by atoms with Crippen molar-refractivity contribution in [1.82, 2.24) is 35.7 Å². The van der Waals surface area contributed by atoms with Crippen molar-refractivity contribution in [2.24, 2.45) is 10.8 Å². The molecule has 0 saturated carbocycles. The molecule has 4 aromatic rings. The van der Waals surface area contributed by atoms with Gasteiger partial charge in [0.1, 0.15) is 12.1 Å². The van der Waals surface area contributed by atoms with Crippen molar-refractivity contribution in [2.45, 2.75) is 97.6 Å². The molecule has 0 bridgehead atoms. The molecule has 59 heavy (non-hydrogen) atoms. The normalized spacial score (nSPS) is 15.8. The molecule has 0 aliphatic carbocycles. The van der Waals surface area contributed by atoms with Crippen LogP contribution in [0, 0.1) is 10.8 Å². The number of ether oxygens (including phenoxy) is 1. The summed E-state index contributed by atoms with van der Waals surface area (Å²) in [6.45, 7) is 12.4. The molecule has 1 saturated heterocycles. The highest BCUT2D eigenvalue weighted by molar-refractivity contribution is 5.89. The summed E-state index contributed by atoms with van der Waals surface area (Å²) >= 11 is 0. The van der Waals surface area contributed by atoms with Gasteiger partial charge in [-0.3, -0.25) is 19.6 Å². The predicted octanol–water partition coefficient (Wildman–Crippen LogP) is 5.77. The summed E-state index contributed by atoms with van der Waals surface area (Å²) in [4.78, 5) is 66.9. The first-order chi connectivity index (χ1) is 28.0. The van der Waals surface area contributed by atoms with Crippen LogP contribution >= 0.6 is 0 Å². The Labute approximate surface area is 348 Å². The molecule has 1 aliphatic heterocycles. The number of benzene rings is 2. The van der Waals surface area contributed by atoms with Gasteiger partial charge in [0, 0.05) is 37.1 Å². The zero-order chi connectivity index (χ0) is 42.7. The van der Waals surface area contributed by atoms with E-state index < -0.39 is 53.1 Å². The smallest absolute Gasteiger partial charge is 0.407 e. The summed E-state index contributed by atoms with van der Waals surface area (Å²) in [6, 6.07) is 25.2. The number of nitrogens with one attached hydrogen (secondary N) is 3. The highest BCUT2D eigenvalue weighted by atomic mass is 16.5. The summed E-state index contributed by atoms with van der Waals surface area (Å²) in [7, 11) is 1.24. The number of pyridine rings is 2. The van der Waals surface area contributed by atoms with Crippen molar-refractivity contribution >= 4 is 23.9 Å².